The van der Waals surface area contributed by atoms with Crippen molar-refractivity contribution >= 4 is 16.4 Å². The average Bonchev–Trinajstić information content (AvgIpc) is 3.55. The minimum absolute atomic E-state index is 0. The van der Waals surface area contributed by atoms with Crippen LogP contribution in [0.5, 0.6) is 0 Å². The number of nitrogens with zero attached hydrogens (tertiary/aromatic N) is 4. The maximum atomic E-state index is 2.58. The van der Waals surface area contributed by atoms with Crippen molar-refractivity contribution in [2.24, 2.45) is 0 Å². The van der Waals surface area contributed by atoms with E-state index in [0.717, 1.165) is 52.4 Å². The van der Waals surface area contributed by atoms with E-state index in [0.29, 0.717) is 0 Å². The van der Waals surface area contributed by atoms with Crippen molar-refractivity contribution in [3.05, 3.63) is 62.7 Å². The minimum Gasteiger partial charge on any atom is -0.270 e. The molecular weight excluding hydrogens is 486 g/mol. The molecular formula is C26H48FeN4P2+2. The normalized spacial score (nSPS) is 17.6. The molecule has 188 valence electrons. The molecule has 2 aliphatic carbocycles. The van der Waals surface area contributed by atoms with Gasteiger partial charge in [-0.3, -0.25) is 18.7 Å². The van der Waals surface area contributed by atoms with Crippen molar-refractivity contribution in [1.82, 2.24) is 18.7 Å². The summed E-state index contributed by atoms with van der Waals surface area (Å²) in [6.45, 7) is 27.1. The zero-order chi connectivity index (χ0) is 23.9. The van der Waals surface area contributed by atoms with Gasteiger partial charge in [0.2, 0.25) is 0 Å². The van der Waals surface area contributed by atoms with Gasteiger partial charge >= 0.3 is 17.1 Å². The number of hydrogen-bond acceptors (Lipinski definition) is 4. The van der Waals surface area contributed by atoms with Crippen LogP contribution in [0.15, 0.2) is 0 Å². The molecule has 0 aromatic rings. The Hall–Kier alpha value is 1.22. The molecule has 0 aromatic carbocycles. The van der Waals surface area contributed by atoms with Gasteiger partial charge in [-0.1, -0.05) is 55.4 Å². The largest absolute Gasteiger partial charge is 2.00 e. The van der Waals surface area contributed by atoms with Gasteiger partial charge in [-0.25, -0.2) is 0 Å². The summed E-state index contributed by atoms with van der Waals surface area (Å²) in [4.78, 5) is 0. The van der Waals surface area contributed by atoms with E-state index in [1.165, 1.54) is 11.3 Å². The SMILES string of the molecule is CCN(CC)P([C]1[CH][CH][CH][CH]1)N(CC)CC.CCN(CC)P([C]1[CH][CH][CH][CH]1)N(CC)CC.[Fe+2]. The van der Waals surface area contributed by atoms with E-state index in [1.54, 1.807) is 0 Å². The van der Waals surface area contributed by atoms with Crippen LogP contribution >= 0.6 is 16.4 Å². The van der Waals surface area contributed by atoms with Crippen LogP contribution in [0, 0.1) is 62.7 Å². The van der Waals surface area contributed by atoms with E-state index in [4.69, 9.17) is 0 Å². The zero-order valence-electron chi connectivity index (χ0n) is 22.3. The Kier molecular flexibility index (Phi) is 21.0. The van der Waals surface area contributed by atoms with Gasteiger partial charge in [0, 0.05) is 80.1 Å². The van der Waals surface area contributed by atoms with Gasteiger partial charge in [0.1, 0.15) is 0 Å². The fourth-order valence-corrected chi connectivity index (χ4v) is 9.01. The Labute approximate surface area is 222 Å². The van der Waals surface area contributed by atoms with Gasteiger partial charge in [0.05, 0.1) is 0 Å². The molecule has 0 spiro atoms. The summed E-state index contributed by atoms with van der Waals surface area (Å²) in [6, 6.07) is 0. The van der Waals surface area contributed by atoms with E-state index >= 15 is 0 Å². The Morgan fingerprint density at radius 3 is 0.758 bits per heavy atom. The molecule has 10 radical (unpaired) electrons. The molecule has 0 aliphatic heterocycles. The molecule has 0 unspecified atom stereocenters. The Bertz CT molecular complexity index is 362. The van der Waals surface area contributed by atoms with Crippen LogP contribution in [0.25, 0.3) is 0 Å². The van der Waals surface area contributed by atoms with Gasteiger partial charge < -0.3 is 0 Å². The first-order chi connectivity index (χ1) is 15.6. The third-order valence-corrected chi connectivity index (χ3v) is 11.7. The van der Waals surface area contributed by atoms with Crippen molar-refractivity contribution in [3.63, 3.8) is 0 Å². The first-order valence-electron chi connectivity index (χ1n) is 12.6. The van der Waals surface area contributed by atoms with Gasteiger partial charge in [-0.2, -0.15) is 0 Å². The summed E-state index contributed by atoms with van der Waals surface area (Å²) < 4.78 is 10.3. The first-order valence-corrected chi connectivity index (χ1v) is 15.1. The molecule has 0 heterocycles. The zero-order valence-corrected chi connectivity index (χ0v) is 25.2. The van der Waals surface area contributed by atoms with E-state index in [9.17, 15) is 0 Å². The van der Waals surface area contributed by atoms with Crippen LogP contribution < -0.4 is 0 Å². The predicted octanol–water partition coefficient (Wildman–Crippen LogP) is 6.69. The molecule has 2 rings (SSSR count). The Balaban J connectivity index is 0.000000602. The molecule has 2 fully saturated rings. The Morgan fingerprint density at radius 2 is 0.606 bits per heavy atom. The molecule has 0 bridgehead atoms. The second-order valence-electron chi connectivity index (χ2n) is 7.42. The quantitative estimate of drug-likeness (QED) is 0.182. The molecule has 0 atom stereocenters. The summed E-state index contributed by atoms with van der Waals surface area (Å²) >= 11 is 0. The fraction of sp³-hybridized carbons (Fsp3) is 0.615. The van der Waals surface area contributed by atoms with Crippen molar-refractivity contribution < 1.29 is 17.1 Å². The van der Waals surface area contributed by atoms with Crippen LogP contribution in [0.4, 0.5) is 0 Å². The molecule has 0 saturated heterocycles. The third kappa shape index (κ3) is 10.6. The van der Waals surface area contributed by atoms with Crippen molar-refractivity contribution in [1.29, 1.82) is 0 Å². The maximum Gasteiger partial charge on any atom is 2.00 e. The van der Waals surface area contributed by atoms with E-state index in [2.05, 4.69) is 125 Å². The topological polar surface area (TPSA) is 13.0 Å². The van der Waals surface area contributed by atoms with Crippen molar-refractivity contribution in [3.8, 4) is 0 Å². The minimum atomic E-state index is -0.279. The molecule has 4 nitrogen and oxygen atoms in total. The standard InChI is InChI=1S/2C13H24N2P.Fe/c2*1-5-14(6-2)16(15(7-3)8-4)13-11-9-10-12-13;/h2*9-12H,5-8H2,1-4H3;/q;;+2. The smallest absolute Gasteiger partial charge is 0.270 e. The molecule has 2 saturated carbocycles. The summed E-state index contributed by atoms with van der Waals surface area (Å²) in [5, 5.41) is 0. The number of rotatable bonds is 14. The van der Waals surface area contributed by atoms with Crippen LogP contribution in [0.2, 0.25) is 0 Å². The van der Waals surface area contributed by atoms with Crippen LogP contribution in [0.1, 0.15) is 55.4 Å². The van der Waals surface area contributed by atoms with E-state index in [1.807, 2.05) is 0 Å². The number of hydrogen-bond donors (Lipinski definition) is 0. The second-order valence-corrected chi connectivity index (χ2v) is 11.9. The van der Waals surface area contributed by atoms with Crippen LogP contribution in [-0.4, -0.2) is 71.0 Å². The summed E-state index contributed by atoms with van der Waals surface area (Å²) in [6.07, 6.45) is 17.7. The van der Waals surface area contributed by atoms with Crippen molar-refractivity contribution in [2.75, 3.05) is 52.4 Å². The third-order valence-electron chi connectivity index (χ3n) is 5.74. The van der Waals surface area contributed by atoms with Gasteiger partial charge in [0.15, 0.2) is 0 Å². The van der Waals surface area contributed by atoms with Crippen LogP contribution in [0.3, 0.4) is 0 Å². The molecule has 0 amide bonds. The molecule has 0 N–H and O–H groups in total. The fourth-order valence-electron chi connectivity index (χ4n) is 3.97. The average molecular weight is 534 g/mol. The van der Waals surface area contributed by atoms with Crippen LogP contribution in [-0.2, 0) is 17.1 Å². The summed E-state index contributed by atoms with van der Waals surface area (Å²) in [5.41, 5.74) is 2.98. The molecule has 0 aromatic heterocycles. The summed E-state index contributed by atoms with van der Waals surface area (Å²) in [7, 11) is -0.559. The van der Waals surface area contributed by atoms with Gasteiger partial charge in [-0.05, 0) is 51.4 Å². The van der Waals surface area contributed by atoms with Gasteiger partial charge in [-0.15, -0.1) is 0 Å². The van der Waals surface area contributed by atoms with E-state index in [-0.39, 0.29) is 33.5 Å². The summed E-state index contributed by atoms with van der Waals surface area (Å²) in [5.74, 6) is 0. The molecule has 2 aliphatic rings. The monoisotopic (exact) mass is 534 g/mol. The van der Waals surface area contributed by atoms with Crippen molar-refractivity contribution in [2.45, 2.75) is 55.4 Å². The predicted molar refractivity (Wildman–Crippen MR) is 146 cm³/mol. The maximum absolute atomic E-state index is 2.58. The Morgan fingerprint density at radius 1 is 0.424 bits per heavy atom. The first kappa shape index (κ1) is 34.2. The molecule has 7 heteroatoms. The van der Waals surface area contributed by atoms with Gasteiger partial charge in [0.25, 0.3) is 0 Å². The second kappa shape index (κ2) is 20.3. The molecule has 33 heavy (non-hydrogen) atoms. The van der Waals surface area contributed by atoms with E-state index < -0.39 is 0 Å².